The first-order valence-corrected chi connectivity index (χ1v) is 7.23. The number of hydrogen-bond acceptors (Lipinski definition) is 4. The fourth-order valence-corrected chi connectivity index (χ4v) is 4.09. The number of fused-ring (bicyclic) bond motifs is 1. The largest absolute Gasteiger partial charge is 0.318 e. The SMILES string of the molecule is CCn1nccc1C(N)c1cc2sccc2s1. The quantitative estimate of drug-likeness (QED) is 0.788. The summed E-state index contributed by atoms with van der Waals surface area (Å²) in [5.74, 6) is 0. The molecule has 0 amide bonds. The number of aromatic nitrogens is 2. The standard InChI is InChI=1S/C12H13N3S2/c1-2-15-8(3-5-14-15)12(13)11-7-10-9(17-11)4-6-16-10/h3-7,12H,2,13H2,1H3. The Balaban J connectivity index is 2.01. The number of hydrogen-bond donors (Lipinski definition) is 1. The van der Waals surface area contributed by atoms with Crippen molar-refractivity contribution in [3.05, 3.63) is 40.3 Å². The highest BCUT2D eigenvalue weighted by Crippen LogP contribution is 2.34. The van der Waals surface area contributed by atoms with Gasteiger partial charge in [0.2, 0.25) is 0 Å². The van der Waals surface area contributed by atoms with E-state index in [1.54, 1.807) is 22.7 Å². The summed E-state index contributed by atoms with van der Waals surface area (Å²) in [6, 6.07) is 6.28. The molecule has 5 heteroatoms. The lowest BCUT2D eigenvalue weighted by Gasteiger charge is -2.11. The van der Waals surface area contributed by atoms with Gasteiger partial charge in [-0.25, -0.2) is 0 Å². The van der Waals surface area contributed by atoms with Crippen molar-refractivity contribution in [3.63, 3.8) is 0 Å². The van der Waals surface area contributed by atoms with Crippen LogP contribution in [-0.2, 0) is 6.54 Å². The Hall–Kier alpha value is -1.17. The lowest BCUT2D eigenvalue weighted by molar-refractivity contribution is 0.603. The number of aryl methyl sites for hydroxylation is 1. The van der Waals surface area contributed by atoms with Gasteiger partial charge in [0.1, 0.15) is 0 Å². The van der Waals surface area contributed by atoms with Crippen LogP contribution in [0.3, 0.4) is 0 Å². The number of nitrogens with zero attached hydrogens (tertiary/aromatic N) is 2. The van der Waals surface area contributed by atoms with E-state index < -0.39 is 0 Å². The third kappa shape index (κ3) is 1.80. The van der Waals surface area contributed by atoms with Crippen molar-refractivity contribution in [2.75, 3.05) is 0 Å². The van der Waals surface area contributed by atoms with Crippen LogP contribution in [0.15, 0.2) is 29.8 Å². The lowest BCUT2D eigenvalue weighted by atomic mass is 10.2. The summed E-state index contributed by atoms with van der Waals surface area (Å²) in [4.78, 5) is 1.21. The minimum atomic E-state index is -0.0675. The van der Waals surface area contributed by atoms with Gasteiger partial charge in [0, 0.05) is 27.0 Å². The zero-order chi connectivity index (χ0) is 11.8. The molecule has 0 aliphatic rings. The Morgan fingerprint density at radius 1 is 1.41 bits per heavy atom. The van der Waals surface area contributed by atoms with E-state index in [-0.39, 0.29) is 6.04 Å². The Bertz CT molecular complexity index is 606. The van der Waals surface area contributed by atoms with Crippen LogP contribution in [0.25, 0.3) is 9.40 Å². The van der Waals surface area contributed by atoms with E-state index in [1.165, 1.54) is 14.3 Å². The molecule has 0 saturated carbocycles. The van der Waals surface area contributed by atoms with Gasteiger partial charge in [-0.3, -0.25) is 4.68 Å². The van der Waals surface area contributed by atoms with Crippen LogP contribution in [0.1, 0.15) is 23.5 Å². The Morgan fingerprint density at radius 2 is 2.29 bits per heavy atom. The highest BCUT2D eigenvalue weighted by molar-refractivity contribution is 7.26. The number of nitrogens with two attached hydrogens (primary N) is 1. The van der Waals surface area contributed by atoms with E-state index in [1.807, 2.05) is 16.9 Å². The van der Waals surface area contributed by atoms with E-state index >= 15 is 0 Å². The summed E-state index contributed by atoms with van der Waals surface area (Å²) in [5, 5.41) is 6.38. The minimum absolute atomic E-state index is 0.0675. The summed E-state index contributed by atoms with van der Waals surface area (Å²) < 4.78 is 4.60. The second-order valence-electron chi connectivity index (χ2n) is 3.85. The highest BCUT2D eigenvalue weighted by atomic mass is 32.1. The van der Waals surface area contributed by atoms with Crippen molar-refractivity contribution >= 4 is 32.1 Å². The highest BCUT2D eigenvalue weighted by Gasteiger charge is 2.16. The van der Waals surface area contributed by atoms with Crippen LogP contribution in [0.2, 0.25) is 0 Å². The third-order valence-electron chi connectivity index (χ3n) is 2.83. The first-order valence-electron chi connectivity index (χ1n) is 5.54. The molecule has 3 rings (SSSR count). The number of thiophene rings is 2. The molecule has 17 heavy (non-hydrogen) atoms. The van der Waals surface area contributed by atoms with Crippen LogP contribution in [0.4, 0.5) is 0 Å². The van der Waals surface area contributed by atoms with E-state index in [0.29, 0.717) is 0 Å². The van der Waals surface area contributed by atoms with Gasteiger partial charge in [0.15, 0.2) is 0 Å². The maximum atomic E-state index is 6.31. The van der Waals surface area contributed by atoms with Crippen molar-refractivity contribution in [1.82, 2.24) is 9.78 Å². The minimum Gasteiger partial charge on any atom is -0.318 e. The molecular formula is C12H13N3S2. The normalized spacial score (nSPS) is 13.3. The van der Waals surface area contributed by atoms with Gasteiger partial charge >= 0.3 is 0 Å². The van der Waals surface area contributed by atoms with Crippen molar-refractivity contribution in [1.29, 1.82) is 0 Å². The average molecular weight is 263 g/mol. The Labute approximate surface area is 107 Å². The molecule has 0 radical (unpaired) electrons. The van der Waals surface area contributed by atoms with Crippen molar-refractivity contribution < 1.29 is 0 Å². The molecule has 3 heterocycles. The van der Waals surface area contributed by atoms with Gasteiger partial charge in [0.05, 0.1) is 11.7 Å². The van der Waals surface area contributed by atoms with Crippen LogP contribution in [0.5, 0.6) is 0 Å². The molecule has 0 fully saturated rings. The molecule has 0 aliphatic heterocycles. The van der Waals surface area contributed by atoms with Gasteiger partial charge in [0.25, 0.3) is 0 Å². The maximum absolute atomic E-state index is 6.31. The van der Waals surface area contributed by atoms with Crippen LogP contribution in [0, 0.1) is 0 Å². The predicted octanol–water partition coefficient (Wildman–Crippen LogP) is 3.23. The molecule has 0 spiro atoms. The van der Waals surface area contributed by atoms with Crippen molar-refractivity contribution in [3.8, 4) is 0 Å². The van der Waals surface area contributed by atoms with Crippen molar-refractivity contribution in [2.45, 2.75) is 19.5 Å². The molecule has 88 valence electrons. The molecule has 0 saturated heterocycles. The first-order chi connectivity index (χ1) is 8.29. The van der Waals surface area contributed by atoms with Crippen molar-refractivity contribution in [2.24, 2.45) is 5.73 Å². The van der Waals surface area contributed by atoms with Crippen LogP contribution in [-0.4, -0.2) is 9.78 Å². The first kappa shape index (κ1) is 11.0. The molecule has 0 aromatic carbocycles. The molecule has 1 unspecified atom stereocenters. The maximum Gasteiger partial charge on any atom is 0.0817 e. The third-order valence-corrected chi connectivity index (χ3v) is 5.01. The van der Waals surface area contributed by atoms with Gasteiger partial charge < -0.3 is 5.73 Å². The van der Waals surface area contributed by atoms with Crippen LogP contribution >= 0.6 is 22.7 Å². The van der Waals surface area contributed by atoms with E-state index in [0.717, 1.165) is 12.2 Å². The van der Waals surface area contributed by atoms with Gasteiger partial charge in [-0.05, 0) is 30.5 Å². The lowest BCUT2D eigenvalue weighted by Crippen LogP contribution is -2.15. The van der Waals surface area contributed by atoms with Crippen LogP contribution < -0.4 is 5.73 Å². The predicted molar refractivity (Wildman–Crippen MR) is 73.6 cm³/mol. The molecular weight excluding hydrogens is 250 g/mol. The zero-order valence-corrected chi connectivity index (χ0v) is 11.1. The molecule has 3 nitrogen and oxygen atoms in total. The summed E-state index contributed by atoms with van der Waals surface area (Å²) in [5.41, 5.74) is 7.40. The van der Waals surface area contributed by atoms with E-state index in [9.17, 15) is 0 Å². The summed E-state index contributed by atoms with van der Waals surface area (Å²) in [7, 11) is 0. The zero-order valence-electron chi connectivity index (χ0n) is 9.46. The molecule has 1 atom stereocenters. The van der Waals surface area contributed by atoms with Gasteiger partial charge in [-0.2, -0.15) is 5.10 Å². The fourth-order valence-electron chi connectivity index (χ4n) is 1.95. The number of rotatable bonds is 3. The molecule has 3 aromatic heterocycles. The van der Waals surface area contributed by atoms with E-state index in [2.05, 4.69) is 29.5 Å². The summed E-state index contributed by atoms with van der Waals surface area (Å²) in [6.45, 7) is 2.94. The van der Waals surface area contributed by atoms with Gasteiger partial charge in [-0.1, -0.05) is 0 Å². The molecule has 0 aliphatic carbocycles. The van der Waals surface area contributed by atoms with E-state index in [4.69, 9.17) is 5.73 Å². The summed E-state index contributed by atoms with van der Waals surface area (Å²) in [6.07, 6.45) is 1.81. The Morgan fingerprint density at radius 3 is 3.06 bits per heavy atom. The Kier molecular flexibility index (Phi) is 2.74. The second-order valence-corrected chi connectivity index (χ2v) is 5.91. The topological polar surface area (TPSA) is 43.8 Å². The monoisotopic (exact) mass is 263 g/mol. The van der Waals surface area contributed by atoms with Gasteiger partial charge in [-0.15, -0.1) is 22.7 Å². The average Bonchev–Trinajstić information content (AvgIpc) is 3.02. The fraction of sp³-hybridized carbons (Fsp3) is 0.250. The summed E-state index contributed by atoms with van der Waals surface area (Å²) >= 11 is 3.54. The molecule has 3 aromatic rings. The molecule has 0 bridgehead atoms. The molecule has 2 N–H and O–H groups in total. The second kappa shape index (κ2) is 4.25. The smallest absolute Gasteiger partial charge is 0.0817 e.